The molecule has 3 heteroatoms. The highest BCUT2D eigenvalue weighted by Gasteiger charge is 1.72. The Kier molecular flexibility index (Phi) is 2.62. The maximum absolute atomic E-state index is 4.82. The van der Waals surface area contributed by atoms with E-state index in [0.29, 0.717) is 4.99 Å². The summed E-state index contributed by atoms with van der Waals surface area (Å²) in [6, 6.07) is 0. The normalized spacial score (nSPS) is 6.83. The predicted molar refractivity (Wildman–Crippen MR) is 30.1 cm³/mol. The van der Waals surface area contributed by atoms with Crippen LogP contribution in [0.25, 0.3) is 0 Å². The van der Waals surface area contributed by atoms with Crippen LogP contribution in [0.3, 0.4) is 0 Å². The fourth-order valence-corrected chi connectivity index (χ4v) is 0.0589. The van der Waals surface area contributed by atoms with E-state index >= 15 is 0 Å². The Morgan fingerprint density at radius 2 is 2.50 bits per heavy atom. The Morgan fingerprint density at radius 3 is 2.50 bits per heavy atom. The van der Waals surface area contributed by atoms with Crippen LogP contribution in [-0.2, 0) is 0 Å². The first-order valence-corrected chi connectivity index (χ1v) is 1.85. The highest BCUT2D eigenvalue weighted by atomic mass is 32.1. The van der Waals surface area contributed by atoms with E-state index in [1.807, 2.05) is 0 Å². The second-order valence-corrected chi connectivity index (χ2v) is 1.15. The second kappa shape index (κ2) is 2.81. The average Bonchev–Trinajstić information content (AvgIpc) is 1.65. The molecule has 0 rings (SSSR count). The van der Waals surface area contributed by atoms with Crippen LogP contribution in [0.15, 0.2) is 12.7 Å². The second-order valence-electron chi connectivity index (χ2n) is 0.713. The molecule has 0 aliphatic rings. The lowest BCUT2D eigenvalue weighted by Crippen LogP contribution is -2.26. The van der Waals surface area contributed by atoms with Gasteiger partial charge >= 0.3 is 0 Å². The van der Waals surface area contributed by atoms with Gasteiger partial charge in [0.25, 0.3) is 0 Å². The van der Waals surface area contributed by atoms with Gasteiger partial charge in [0.1, 0.15) is 4.99 Å². The summed E-state index contributed by atoms with van der Waals surface area (Å²) in [5, 5.41) is 0. The lowest BCUT2D eigenvalue weighted by atomic mass is 10.7. The zero-order chi connectivity index (χ0) is 4.99. The van der Waals surface area contributed by atoms with E-state index in [0.717, 1.165) is 0 Å². The van der Waals surface area contributed by atoms with Crippen LogP contribution < -0.4 is 11.3 Å². The molecule has 0 bridgehead atoms. The van der Waals surface area contributed by atoms with Gasteiger partial charge in [0, 0.05) is 0 Å². The molecular weight excluding hydrogens is 96.1 g/mol. The van der Waals surface area contributed by atoms with E-state index in [1.54, 1.807) is 0 Å². The van der Waals surface area contributed by atoms with E-state index in [9.17, 15) is 0 Å². The van der Waals surface area contributed by atoms with Gasteiger partial charge in [-0.1, -0.05) is 18.8 Å². The van der Waals surface area contributed by atoms with Gasteiger partial charge < -0.3 is 5.43 Å². The number of nitrogens with one attached hydrogen (secondary N) is 1. The smallest absolute Gasteiger partial charge is 0.112 e. The summed E-state index contributed by atoms with van der Waals surface area (Å²) < 4.78 is 0. The zero-order valence-corrected chi connectivity index (χ0v) is 4.09. The molecule has 6 heavy (non-hydrogen) atoms. The molecule has 0 aromatic heterocycles. The molecule has 0 saturated carbocycles. The van der Waals surface area contributed by atoms with Gasteiger partial charge in [-0.15, -0.1) is 0 Å². The Labute approximate surface area is 42.0 Å². The lowest BCUT2D eigenvalue weighted by molar-refractivity contribution is 1.05. The van der Waals surface area contributed by atoms with Crippen molar-refractivity contribution in [1.82, 2.24) is 5.43 Å². The highest BCUT2D eigenvalue weighted by Crippen LogP contribution is 1.63. The SMILES string of the molecule is C=CC(=S)NN. The number of hydrazine groups is 1. The van der Waals surface area contributed by atoms with E-state index < -0.39 is 0 Å². The molecule has 0 aromatic rings. The standard InChI is InChI=1S/C3H6N2S/c1-2-3(6)5-4/h2H,1,4H2,(H,5,6). The molecule has 0 aliphatic carbocycles. The molecule has 0 atom stereocenters. The Balaban J connectivity index is 3.23. The van der Waals surface area contributed by atoms with Crippen LogP contribution >= 0.6 is 12.2 Å². The van der Waals surface area contributed by atoms with Gasteiger partial charge in [-0.3, -0.25) is 0 Å². The van der Waals surface area contributed by atoms with Crippen molar-refractivity contribution >= 4 is 17.2 Å². The third-order valence-corrected chi connectivity index (χ3v) is 0.612. The van der Waals surface area contributed by atoms with Crippen molar-refractivity contribution in [2.45, 2.75) is 0 Å². The Bertz CT molecular complexity index is 69.2. The Morgan fingerprint density at radius 1 is 2.00 bits per heavy atom. The first-order valence-electron chi connectivity index (χ1n) is 1.44. The summed E-state index contributed by atoms with van der Waals surface area (Å²) >= 11 is 4.50. The number of hydrogen-bond acceptors (Lipinski definition) is 2. The van der Waals surface area contributed by atoms with Gasteiger partial charge in [0.15, 0.2) is 0 Å². The van der Waals surface area contributed by atoms with E-state index in [4.69, 9.17) is 5.84 Å². The van der Waals surface area contributed by atoms with E-state index in [-0.39, 0.29) is 0 Å². The largest absolute Gasteiger partial charge is 0.315 e. The summed E-state index contributed by atoms with van der Waals surface area (Å²) in [5.41, 5.74) is 2.23. The maximum Gasteiger partial charge on any atom is 0.112 e. The maximum atomic E-state index is 4.82. The third kappa shape index (κ3) is 1.87. The molecule has 0 aliphatic heterocycles. The lowest BCUT2D eigenvalue weighted by Gasteiger charge is -1.87. The van der Waals surface area contributed by atoms with Crippen molar-refractivity contribution in [3.8, 4) is 0 Å². The molecule has 0 aromatic carbocycles. The van der Waals surface area contributed by atoms with Crippen LogP contribution in [0.1, 0.15) is 0 Å². The minimum absolute atomic E-state index is 0.468. The van der Waals surface area contributed by atoms with Crippen LogP contribution in [0.5, 0.6) is 0 Å². The van der Waals surface area contributed by atoms with Crippen molar-refractivity contribution in [2.24, 2.45) is 5.84 Å². The summed E-state index contributed by atoms with van der Waals surface area (Å²) in [4.78, 5) is 0.468. The molecule has 2 nitrogen and oxygen atoms in total. The number of thiocarbonyl (C=S) groups is 1. The summed E-state index contributed by atoms with van der Waals surface area (Å²) in [6.07, 6.45) is 1.47. The summed E-state index contributed by atoms with van der Waals surface area (Å²) in [7, 11) is 0. The van der Waals surface area contributed by atoms with Gasteiger partial charge in [0.05, 0.1) is 0 Å². The molecule has 0 unspecified atom stereocenters. The van der Waals surface area contributed by atoms with Crippen molar-refractivity contribution in [2.75, 3.05) is 0 Å². The van der Waals surface area contributed by atoms with Gasteiger partial charge in [-0.2, -0.15) is 0 Å². The van der Waals surface area contributed by atoms with Crippen molar-refractivity contribution < 1.29 is 0 Å². The Hall–Kier alpha value is -0.410. The molecule has 34 valence electrons. The minimum Gasteiger partial charge on any atom is -0.315 e. The third-order valence-electron chi connectivity index (χ3n) is 0.328. The molecule has 0 saturated heterocycles. The monoisotopic (exact) mass is 102 g/mol. The fourth-order valence-electron chi connectivity index (χ4n) is 0.0589. The number of nitrogens with two attached hydrogens (primary N) is 1. The van der Waals surface area contributed by atoms with Crippen LogP contribution in [0.2, 0.25) is 0 Å². The molecule has 0 fully saturated rings. The van der Waals surface area contributed by atoms with Crippen molar-refractivity contribution in [1.29, 1.82) is 0 Å². The molecule has 0 amide bonds. The van der Waals surface area contributed by atoms with E-state index in [2.05, 4.69) is 24.2 Å². The van der Waals surface area contributed by atoms with E-state index in [1.165, 1.54) is 6.08 Å². The minimum atomic E-state index is 0.468. The number of rotatable bonds is 1. The van der Waals surface area contributed by atoms with Gasteiger partial charge in [-0.05, 0) is 6.08 Å². The van der Waals surface area contributed by atoms with Crippen LogP contribution in [0.4, 0.5) is 0 Å². The highest BCUT2D eigenvalue weighted by molar-refractivity contribution is 7.80. The van der Waals surface area contributed by atoms with Crippen molar-refractivity contribution in [3.63, 3.8) is 0 Å². The van der Waals surface area contributed by atoms with Gasteiger partial charge in [-0.25, -0.2) is 5.84 Å². The van der Waals surface area contributed by atoms with Crippen molar-refractivity contribution in [3.05, 3.63) is 12.7 Å². The molecule has 0 heterocycles. The topological polar surface area (TPSA) is 38.0 Å². The van der Waals surface area contributed by atoms with Crippen LogP contribution in [0, 0.1) is 0 Å². The molecule has 0 spiro atoms. The predicted octanol–water partition coefficient (Wildman–Crippen LogP) is -0.0369. The molecule has 3 N–H and O–H groups in total. The number of hydrogen-bond donors (Lipinski definition) is 2. The summed E-state index contributed by atoms with van der Waals surface area (Å²) in [6.45, 7) is 3.35. The molecular formula is C3H6N2S. The quantitative estimate of drug-likeness (QED) is 0.211. The first-order chi connectivity index (χ1) is 2.81. The fraction of sp³-hybridized carbons (Fsp3) is 0. The summed E-state index contributed by atoms with van der Waals surface area (Å²) in [5.74, 6) is 4.82. The van der Waals surface area contributed by atoms with Crippen LogP contribution in [-0.4, -0.2) is 4.99 Å². The van der Waals surface area contributed by atoms with Gasteiger partial charge in [0.2, 0.25) is 0 Å². The molecule has 0 radical (unpaired) electrons. The average molecular weight is 102 g/mol. The first kappa shape index (κ1) is 5.59. The zero-order valence-electron chi connectivity index (χ0n) is 3.27.